The number of carbonyl (C=O) groups is 3. The average Bonchev–Trinajstić information content (AvgIpc) is 3.45. The first-order valence-corrected chi connectivity index (χ1v) is 11.5. The van der Waals surface area contributed by atoms with Gasteiger partial charge < -0.3 is 14.5 Å². The summed E-state index contributed by atoms with van der Waals surface area (Å²) >= 11 is 0. The number of benzene rings is 2. The second-order valence-electron chi connectivity index (χ2n) is 9.08. The van der Waals surface area contributed by atoms with Gasteiger partial charge in [0.05, 0.1) is 11.1 Å². The predicted octanol–water partition coefficient (Wildman–Crippen LogP) is 3.01. The molecule has 2 N–H and O–H groups in total. The fourth-order valence-corrected chi connectivity index (χ4v) is 5.67. The lowest BCUT2D eigenvalue weighted by Crippen LogP contribution is -2.29. The third-order valence-corrected chi connectivity index (χ3v) is 7.16. The van der Waals surface area contributed by atoms with Crippen molar-refractivity contribution in [2.45, 2.75) is 19.4 Å². The number of para-hydroxylation sites is 2. The molecule has 0 bridgehead atoms. The molecule has 2 aromatic carbocycles. The smallest absolute Gasteiger partial charge is 0.259 e. The van der Waals surface area contributed by atoms with Gasteiger partial charge in [0.1, 0.15) is 0 Å². The molecule has 2 aliphatic rings. The normalized spacial score (nSPS) is 18.0. The van der Waals surface area contributed by atoms with E-state index in [9.17, 15) is 14.4 Å². The molecule has 3 amide bonds. The van der Waals surface area contributed by atoms with Crippen molar-refractivity contribution in [3.8, 4) is 0 Å². The number of amides is 3. The van der Waals surface area contributed by atoms with Crippen molar-refractivity contribution in [3.63, 3.8) is 0 Å². The van der Waals surface area contributed by atoms with Crippen LogP contribution in [0.1, 0.15) is 23.2 Å². The fourth-order valence-electron chi connectivity index (χ4n) is 5.67. The summed E-state index contributed by atoms with van der Waals surface area (Å²) in [5, 5.41) is 7.28. The molecule has 1 unspecified atom stereocenters. The second kappa shape index (κ2) is 7.73. The monoisotopic (exact) mass is 452 g/mol. The summed E-state index contributed by atoms with van der Waals surface area (Å²) < 4.78 is 4.26. The Hall–Kier alpha value is -4.13. The summed E-state index contributed by atoms with van der Waals surface area (Å²) in [6.45, 7) is 1.39. The molecule has 1 atom stereocenters. The summed E-state index contributed by atoms with van der Waals surface area (Å²) in [6.07, 6.45) is 4.32. The molecule has 2 aromatic heterocycles. The molecular formula is C27H24N4O3. The molecule has 0 aliphatic carbocycles. The van der Waals surface area contributed by atoms with Crippen molar-refractivity contribution in [2.75, 3.05) is 6.54 Å². The zero-order valence-electron chi connectivity index (χ0n) is 18.8. The number of hydrogen-bond donors (Lipinski definition) is 2. The summed E-state index contributed by atoms with van der Waals surface area (Å²) in [4.78, 5) is 37.4. The van der Waals surface area contributed by atoms with Gasteiger partial charge in [0.15, 0.2) is 0 Å². The van der Waals surface area contributed by atoms with Gasteiger partial charge in [-0.15, -0.1) is 0 Å². The predicted molar refractivity (Wildman–Crippen MR) is 131 cm³/mol. The third kappa shape index (κ3) is 2.93. The lowest BCUT2D eigenvalue weighted by molar-refractivity contribution is -0.122. The van der Waals surface area contributed by atoms with E-state index >= 15 is 0 Å². The van der Waals surface area contributed by atoms with E-state index < -0.39 is 0 Å². The number of hydrogen-bond acceptors (Lipinski definition) is 3. The minimum absolute atomic E-state index is 0.266. The van der Waals surface area contributed by atoms with Crippen LogP contribution >= 0.6 is 0 Å². The van der Waals surface area contributed by atoms with Gasteiger partial charge in [-0.2, -0.15) is 0 Å². The quantitative estimate of drug-likeness (QED) is 0.361. The SMILES string of the molecule is Cn1cc(C2=C(c3c4n(c5ccccc35)CCC(CNC=O)C4)C(=O)NC2=O)c2ccccc21. The van der Waals surface area contributed by atoms with Crippen molar-refractivity contribution in [2.24, 2.45) is 13.0 Å². The van der Waals surface area contributed by atoms with E-state index in [0.717, 1.165) is 64.4 Å². The van der Waals surface area contributed by atoms with Crippen LogP contribution in [-0.4, -0.2) is 33.9 Å². The van der Waals surface area contributed by atoms with E-state index in [1.165, 1.54) is 0 Å². The highest BCUT2D eigenvalue weighted by Gasteiger charge is 2.38. The minimum atomic E-state index is -0.365. The number of aromatic nitrogens is 2. The molecule has 4 heterocycles. The molecule has 7 nitrogen and oxygen atoms in total. The Balaban J connectivity index is 1.64. The van der Waals surface area contributed by atoms with Crippen LogP contribution in [0.25, 0.3) is 33.0 Å². The number of fused-ring (bicyclic) bond motifs is 4. The molecule has 2 aliphatic heterocycles. The van der Waals surface area contributed by atoms with Crippen LogP contribution in [0.5, 0.6) is 0 Å². The topological polar surface area (TPSA) is 85.1 Å². The maximum atomic E-state index is 13.3. The standard InChI is InChI=1S/C27H24N4O3/c1-30-14-19(17-6-2-4-8-20(17)30)24-25(27(34)29-26(24)33)23-18-7-3-5-9-21(18)31-11-10-16(12-22(23)31)13-28-15-32/h2-9,14-16H,10-13H2,1H3,(H,28,32)(H,29,33,34). The molecule has 170 valence electrons. The highest BCUT2D eigenvalue weighted by Crippen LogP contribution is 2.42. The second-order valence-corrected chi connectivity index (χ2v) is 9.08. The zero-order valence-corrected chi connectivity index (χ0v) is 18.8. The Morgan fingerprint density at radius 3 is 2.50 bits per heavy atom. The first-order valence-electron chi connectivity index (χ1n) is 11.5. The Morgan fingerprint density at radius 2 is 1.71 bits per heavy atom. The largest absolute Gasteiger partial charge is 0.358 e. The molecule has 0 saturated heterocycles. The number of nitrogens with one attached hydrogen (secondary N) is 2. The molecule has 0 fully saturated rings. The Labute approximate surface area is 196 Å². The molecule has 34 heavy (non-hydrogen) atoms. The Morgan fingerprint density at radius 1 is 1.00 bits per heavy atom. The summed E-state index contributed by atoms with van der Waals surface area (Å²) in [5.74, 6) is -0.460. The van der Waals surface area contributed by atoms with E-state index in [4.69, 9.17) is 0 Å². The van der Waals surface area contributed by atoms with Crippen LogP contribution < -0.4 is 10.6 Å². The van der Waals surface area contributed by atoms with Gasteiger partial charge in [-0.25, -0.2) is 0 Å². The van der Waals surface area contributed by atoms with Gasteiger partial charge in [0, 0.05) is 65.0 Å². The van der Waals surface area contributed by atoms with Crippen molar-refractivity contribution in [3.05, 3.63) is 71.5 Å². The maximum Gasteiger partial charge on any atom is 0.259 e. The van der Waals surface area contributed by atoms with Gasteiger partial charge in [0.25, 0.3) is 11.8 Å². The lowest BCUT2D eigenvalue weighted by atomic mass is 9.89. The maximum absolute atomic E-state index is 13.3. The molecule has 7 heteroatoms. The highest BCUT2D eigenvalue weighted by atomic mass is 16.2. The molecule has 0 saturated carbocycles. The van der Waals surface area contributed by atoms with Crippen LogP contribution in [0.4, 0.5) is 0 Å². The number of carbonyl (C=O) groups excluding carboxylic acids is 3. The summed E-state index contributed by atoms with van der Waals surface area (Å²) in [7, 11) is 1.95. The van der Waals surface area contributed by atoms with E-state index in [-0.39, 0.29) is 17.7 Å². The Bertz CT molecular complexity index is 1540. The van der Waals surface area contributed by atoms with Crippen LogP contribution in [0, 0.1) is 5.92 Å². The first-order chi connectivity index (χ1) is 16.6. The number of nitrogens with zero attached hydrogens (tertiary/aromatic N) is 2. The average molecular weight is 453 g/mol. The minimum Gasteiger partial charge on any atom is -0.358 e. The van der Waals surface area contributed by atoms with Crippen LogP contribution in [0.15, 0.2) is 54.7 Å². The number of rotatable bonds is 5. The summed E-state index contributed by atoms with van der Waals surface area (Å²) in [6, 6.07) is 16.0. The van der Waals surface area contributed by atoms with Gasteiger partial charge in [-0.3, -0.25) is 19.7 Å². The molecule has 6 rings (SSSR count). The molecule has 4 aromatic rings. The van der Waals surface area contributed by atoms with Crippen LogP contribution in [-0.2, 0) is 34.4 Å². The van der Waals surface area contributed by atoms with Crippen molar-refractivity contribution in [1.29, 1.82) is 0 Å². The number of imide groups is 1. The van der Waals surface area contributed by atoms with E-state index in [1.54, 1.807) is 0 Å². The van der Waals surface area contributed by atoms with Crippen LogP contribution in [0.3, 0.4) is 0 Å². The fraction of sp³-hybridized carbons (Fsp3) is 0.222. The van der Waals surface area contributed by atoms with Crippen molar-refractivity contribution >= 4 is 51.2 Å². The van der Waals surface area contributed by atoms with Crippen molar-refractivity contribution in [1.82, 2.24) is 19.8 Å². The van der Waals surface area contributed by atoms with Gasteiger partial charge >= 0.3 is 0 Å². The Kier molecular flexibility index (Phi) is 4.65. The number of aryl methyl sites for hydroxylation is 2. The van der Waals surface area contributed by atoms with Crippen LogP contribution in [0.2, 0.25) is 0 Å². The first kappa shape index (κ1) is 20.5. The zero-order chi connectivity index (χ0) is 23.4. The van der Waals surface area contributed by atoms with Crippen molar-refractivity contribution < 1.29 is 14.4 Å². The van der Waals surface area contributed by atoms with E-state index in [1.807, 2.05) is 60.3 Å². The van der Waals surface area contributed by atoms with Gasteiger partial charge in [0.2, 0.25) is 6.41 Å². The summed E-state index contributed by atoms with van der Waals surface area (Å²) in [5.41, 5.74) is 5.56. The van der Waals surface area contributed by atoms with E-state index in [2.05, 4.69) is 21.3 Å². The molecular weight excluding hydrogens is 428 g/mol. The lowest BCUT2D eigenvalue weighted by Gasteiger charge is -2.25. The van der Waals surface area contributed by atoms with Gasteiger partial charge in [-0.05, 0) is 30.9 Å². The van der Waals surface area contributed by atoms with Gasteiger partial charge in [-0.1, -0.05) is 36.4 Å². The highest BCUT2D eigenvalue weighted by molar-refractivity contribution is 6.51. The van der Waals surface area contributed by atoms with E-state index in [0.29, 0.717) is 17.7 Å². The third-order valence-electron chi connectivity index (χ3n) is 7.16. The molecule has 0 radical (unpaired) electrons. The molecule has 0 spiro atoms.